The number of ether oxygens (including phenoxy) is 3. The molecule has 0 radical (unpaired) electrons. The molecule has 0 N–H and O–H groups in total. The number of benzene rings is 1. The van der Waals surface area contributed by atoms with E-state index >= 15 is 0 Å². The van der Waals surface area contributed by atoms with Crippen LogP contribution in [0, 0.1) is 5.92 Å². The van der Waals surface area contributed by atoms with E-state index in [2.05, 4.69) is 4.98 Å². The smallest absolute Gasteiger partial charge is 0.328 e. The van der Waals surface area contributed by atoms with Crippen molar-refractivity contribution in [1.82, 2.24) is 19.1 Å². The predicted octanol–water partition coefficient (Wildman–Crippen LogP) is 3.34. The lowest BCUT2D eigenvalue weighted by atomic mass is 9.93. The van der Waals surface area contributed by atoms with Gasteiger partial charge < -0.3 is 23.5 Å². The number of urea groups is 1. The number of hydrogen-bond donors (Lipinski definition) is 0. The molecule has 0 saturated carbocycles. The molecule has 12 nitrogen and oxygen atoms in total. The Hall–Kier alpha value is -2.91. The van der Waals surface area contributed by atoms with Gasteiger partial charge in [-0.25, -0.2) is 18.2 Å². The summed E-state index contributed by atoms with van der Waals surface area (Å²) in [5.74, 6) is 0.00739. The van der Waals surface area contributed by atoms with Crippen LogP contribution >= 0.6 is 11.8 Å². The molecular formula is C29H36N4O8S2. The lowest BCUT2D eigenvalue weighted by Gasteiger charge is -2.50. The number of para-hydroxylation sites is 1. The van der Waals surface area contributed by atoms with Crippen LogP contribution in [0.3, 0.4) is 0 Å². The van der Waals surface area contributed by atoms with Crippen molar-refractivity contribution in [2.24, 2.45) is 5.92 Å². The monoisotopic (exact) mass is 632 g/mol. The predicted molar refractivity (Wildman–Crippen MR) is 158 cm³/mol. The quantitative estimate of drug-likeness (QED) is 0.384. The number of fused-ring (bicyclic) bond motifs is 1. The minimum atomic E-state index is -3.44. The van der Waals surface area contributed by atoms with Crippen LogP contribution in [0.15, 0.2) is 46.7 Å². The van der Waals surface area contributed by atoms with Crippen molar-refractivity contribution in [1.29, 1.82) is 0 Å². The van der Waals surface area contributed by atoms with Gasteiger partial charge in [0, 0.05) is 31.9 Å². The summed E-state index contributed by atoms with van der Waals surface area (Å²) < 4.78 is 49.8. The number of carbonyl (C=O) groups is 2. The van der Waals surface area contributed by atoms with E-state index in [4.69, 9.17) is 18.6 Å². The van der Waals surface area contributed by atoms with Gasteiger partial charge in [0.1, 0.15) is 18.1 Å². The zero-order valence-corrected chi connectivity index (χ0v) is 26.0. The summed E-state index contributed by atoms with van der Waals surface area (Å²) in [7, 11) is -1.84. The van der Waals surface area contributed by atoms with Crippen LogP contribution in [-0.2, 0) is 24.3 Å². The molecule has 3 fully saturated rings. The fourth-order valence-corrected chi connectivity index (χ4v) is 8.79. The zero-order valence-electron chi connectivity index (χ0n) is 24.4. The lowest BCUT2D eigenvalue weighted by Crippen LogP contribution is -2.70. The Bertz CT molecular complexity index is 1490. The van der Waals surface area contributed by atoms with Crippen LogP contribution in [0.4, 0.5) is 4.79 Å². The van der Waals surface area contributed by atoms with E-state index in [-0.39, 0.29) is 37.4 Å². The van der Waals surface area contributed by atoms with Crippen LogP contribution in [0.25, 0.3) is 4.91 Å². The first-order valence-electron chi connectivity index (χ1n) is 14.5. The highest BCUT2D eigenvalue weighted by atomic mass is 32.2. The number of nitrogens with zero attached hydrogens (tertiary/aromatic N) is 4. The Morgan fingerprint density at radius 2 is 1.91 bits per heavy atom. The number of oxazole rings is 1. The van der Waals surface area contributed by atoms with Crippen molar-refractivity contribution < 1.29 is 36.6 Å². The molecule has 0 spiro atoms. The molecule has 4 aliphatic heterocycles. The minimum absolute atomic E-state index is 0.0411. The Morgan fingerprint density at radius 1 is 1.16 bits per heavy atom. The van der Waals surface area contributed by atoms with Gasteiger partial charge in [-0.05, 0) is 38.3 Å². The second-order valence-electron chi connectivity index (χ2n) is 11.0. The summed E-state index contributed by atoms with van der Waals surface area (Å²) in [4.78, 5) is 36.4. The summed E-state index contributed by atoms with van der Waals surface area (Å²) in [5.41, 5.74) is 1.57. The molecule has 1 aromatic carbocycles. The van der Waals surface area contributed by atoms with E-state index in [9.17, 15) is 18.0 Å². The molecule has 6 rings (SSSR count). The Morgan fingerprint density at radius 3 is 2.58 bits per heavy atom. The van der Waals surface area contributed by atoms with Gasteiger partial charge in [0.25, 0.3) is 0 Å². The lowest BCUT2D eigenvalue weighted by molar-refractivity contribution is -0.140. The number of hydrogen-bond acceptors (Lipinski definition) is 10. The molecule has 0 aliphatic carbocycles. The average Bonchev–Trinajstić information content (AvgIpc) is 3.64. The number of carbonyl (C=O) groups excluding carboxylic acids is 2. The van der Waals surface area contributed by atoms with Crippen molar-refractivity contribution in [3.63, 3.8) is 0 Å². The number of sulfonamides is 1. The van der Waals surface area contributed by atoms with Gasteiger partial charge in [-0.2, -0.15) is 4.31 Å². The highest BCUT2D eigenvalue weighted by Crippen LogP contribution is 2.52. The molecule has 0 bridgehead atoms. The summed E-state index contributed by atoms with van der Waals surface area (Å²) in [6, 6.07) is 6.55. The number of methoxy groups -OCH3 is 1. The van der Waals surface area contributed by atoms with Gasteiger partial charge >= 0.3 is 6.03 Å². The van der Waals surface area contributed by atoms with Crippen molar-refractivity contribution >= 4 is 38.6 Å². The van der Waals surface area contributed by atoms with Crippen molar-refractivity contribution in [3.05, 3.63) is 53.8 Å². The number of imide groups is 1. The van der Waals surface area contributed by atoms with Crippen LogP contribution in [0.5, 0.6) is 5.75 Å². The largest absolute Gasteiger partial charge is 0.496 e. The zero-order chi connectivity index (χ0) is 30.3. The third-order valence-corrected chi connectivity index (χ3v) is 11.9. The van der Waals surface area contributed by atoms with Crippen molar-refractivity contribution in [2.75, 3.05) is 45.7 Å². The second-order valence-corrected chi connectivity index (χ2v) is 14.4. The average molecular weight is 633 g/mol. The number of rotatable bonds is 10. The summed E-state index contributed by atoms with van der Waals surface area (Å²) in [6.45, 7) is 4.95. The first kappa shape index (κ1) is 30.1. The summed E-state index contributed by atoms with van der Waals surface area (Å²) >= 11 is 1.38. The summed E-state index contributed by atoms with van der Waals surface area (Å²) in [6.07, 6.45) is 3.85. The minimum Gasteiger partial charge on any atom is -0.496 e. The molecule has 43 heavy (non-hydrogen) atoms. The summed E-state index contributed by atoms with van der Waals surface area (Å²) in [5, 5.41) is -0.552. The van der Waals surface area contributed by atoms with Gasteiger partial charge in [0.2, 0.25) is 21.8 Å². The van der Waals surface area contributed by atoms with Crippen molar-refractivity contribution in [3.8, 4) is 5.75 Å². The van der Waals surface area contributed by atoms with Gasteiger partial charge in [-0.1, -0.05) is 30.0 Å². The molecule has 1 aromatic heterocycles. The Labute approximate surface area is 255 Å². The second kappa shape index (κ2) is 12.2. The van der Waals surface area contributed by atoms with E-state index < -0.39 is 39.5 Å². The molecule has 232 valence electrons. The van der Waals surface area contributed by atoms with Crippen LogP contribution < -0.4 is 4.74 Å². The van der Waals surface area contributed by atoms with Gasteiger partial charge in [-0.15, -0.1) is 0 Å². The van der Waals surface area contributed by atoms with E-state index in [1.807, 2.05) is 31.2 Å². The fraction of sp³-hybridized carbons (Fsp3) is 0.552. The maximum atomic E-state index is 14.3. The highest BCUT2D eigenvalue weighted by molar-refractivity contribution is 8.09. The first-order chi connectivity index (χ1) is 20.7. The Kier molecular flexibility index (Phi) is 8.57. The van der Waals surface area contributed by atoms with Crippen LogP contribution in [-0.4, -0.2) is 103 Å². The highest BCUT2D eigenvalue weighted by Gasteiger charge is 2.56. The molecule has 2 aromatic rings. The molecule has 5 heterocycles. The van der Waals surface area contributed by atoms with Gasteiger partial charge in [-0.3, -0.25) is 9.69 Å². The van der Waals surface area contributed by atoms with Gasteiger partial charge in [0.05, 0.1) is 53.9 Å². The Balaban J connectivity index is 1.36. The topological polar surface area (TPSA) is 132 Å². The maximum absolute atomic E-state index is 14.3. The molecule has 3 saturated heterocycles. The molecule has 14 heteroatoms. The van der Waals surface area contributed by atoms with Crippen LogP contribution in [0.1, 0.15) is 44.2 Å². The van der Waals surface area contributed by atoms with Crippen LogP contribution in [0.2, 0.25) is 0 Å². The molecule has 3 unspecified atom stereocenters. The molecular weight excluding hydrogens is 596 g/mol. The van der Waals surface area contributed by atoms with E-state index in [0.717, 1.165) is 28.9 Å². The third-order valence-electron chi connectivity index (χ3n) is 8.56. The van der Waals surface area contributed by atoms with Gasteiger partial charge in [0.15, 0.2) is 0 Å². The number of aromatic nitrogens is 1. The van der Waals surface area contributed by atoms with E-state index in [0.29, 0.717) is 24.9 Å². The standard InChI is InChI=1S/C29H36N4O8S2/c1-4-43(36,37)31-15-19(16-31)33-27(34)24-18(2)25(26-30-11-14-40-26)42-28(24)32(29(33)35)17-23(41-20-9-12-39-13-10-20)21-7-5-6-8-22(21)38-3/h5-8,11,14,19-20,23-24,28H,4,9-10,12-13,15-17H2,1-3H3. The normalized spacial score (nSPS) is 24.8. The SMILES string of the molecule is CCS(=O)(=O)N1CC(N2C(=O)C3C(C)=C(c4ncco4)SC3N(CC(OC3CCOCC3)c3ccccc3OC)C2=O)C1. The van der Waals surface area contributed by atoms with E-state index in [1.165, 1.54) is 27.2 Å². The fourth-order valence-electron chi connectivity index (χ4n) is 6.11. The van der Waals surface area contributed by atoms with E-state index in [1.54, 1.807) is 25.1 Å². The first-order valence-corrected chi connectivity index (χ1v) is 17.0. The molecule has 3 atom stereocenters. The molecule has 4 aliphatic rings. The number of amides is 3. The maximum Gasteiger partial charge on any atom is 0.328 e. The molecule has 3 amide bonds. The number of thioether (sulfide) groups is 1. The third kappa shape index (κ3) is 5.59. The van der Waals surface area contributed by atoms with Crippen molar-refractivity contribution in [2.45, 2.75) is 50.3 Å².